The van der Waals surface area contributed by atoms with E-state index in [0.717, 1.165) is 16.3 Å². The Kier molecular flexibility index (Phi) is 2.07. The molecule has 0 N–H and O–H groups in total. The number of hydrogen-bond acceptors (Lipinski definition) is 3. The number of carbonyl (C=O) groups is 2. The zero-order valence-electron chi connectivity index (χ0n) is 9.25. The maximum absolute atomic E-state index is 11.6. The summed E-state index contributed by atoms with van der Waals surface area (Å²) in [5.41, 5.74) is 1.62. The first-order valence-electron chi connectivity index (χ1n) is 5.39. The molecule has 4 heteroatoms. The Bertz CT molecular complexity index is 821. The van der Waals surface area contributed by atoms with Gasteiger partial charge in [0.25, 0.3) is 5.78 Å². The molecule has 2 aliphatic carbocycles. The summed E-state index contributed by atoms with van der Waals surface area (Å²) in [4.78, 5) is 25.9. The van der Waals surface area contributed by atoms with E-state index in [-0.39, 0.29) is 17.3 Å². The van der Waals surface area contributed by atoms with E-state index in [9.17, 15) is 9.59 Å². The Hall–Kier alpha value is -2.80. The van der Waals surface area contributed by atoms with E-state index in [1.54, 1.807) is 24.3 Å². The zero-order valence-corrected chi connectivity index (χ0v) is 9.25. The minimum absolute atomic E-state index is 0.0283. The first-order chi connectivity index (χ1) is 8.69. The van der Waals surface area contributed by atoms with Gasteiger partial charge in [-0.15, -0.1) is 0 Å². The van der Waals surface area contributed by atoms with Crippen molar-refractivity contribution < 1.29 is 9.59 Å². The summed E-state index contributed by atoms with van der Waals surface area (Å²) in [5, 5.41) is 10.3. The maximum Gasteiger partial charge on any atom is 0.439 e. The van der Waals surface area contributed by atoms with Crippen LogP contribution in [-0.4, -0.2) is 11.6 Å². The molecule has 0 amide bonds. The van der Waals surface area contributed by atoms with Gasteiger partial charge < -0.3 is 0 Å². The van der Waals surface area contributed by atoms with Crippen LogP contribution in [0.25, 0.3) is 28.9 Å². The van der Waals surface area contributed by atoms with Gasteiger partial charge in [-0.25, -0.2) is 0 Å². The maximum atomic E-state index is 11.6. The SMILES string of the molecule is N#[N+]C1=c2cc3c(cc2C=CC1=O)=CC(=O)C=C3. The predicted molar refractivity (Wildman–Crippen MR) is 66.7 cm³/mol. The van der Waals surface area contributed by atoms with Crippen LogP contribution in [0.5, 0.6) is 0 Å². The zero-order chi connectivity index (χ0) is 12.7. The molecule has 2 aliphatic rings. The van der Waals surface area contributed by atoms with Crippen molar-refractivity contribution in [3.05, 3.63) is 50.8 Å². The molecule has 0 aromatic heterocycles. The van der Waals surface area contributed by atoms with Crippen molar-refractivity contribution in [2.75, 3.05) is 0 Å². The van der Waals surface area contributed by atoms with Crippen LogP contribution in [0.15, 0.2) is 24.3 Å². The number of benzene rings is 1. The standard InChI is InChI=1S/C14H7N2O2/c15-16-14-12-7-8-1-3-11(17)6-10(8)5-9(12)2-4-13(14)18/h1-7H/q+1. The van der Waals surface area contributed by atoms with E-state index in [0.29, 0.717) is 5.22 Å². The molecule has 0 spiro atoms. The van der Waals surface area contributed by atoms with E-state index < -0.39 is 0 Å². The molecule has 0 radical (unpaired) electrons. The molecule has 18 heavy (non-hydrogen) atoms. The summed E-state index contributed by atoms with van der Waals surface area (Å²) >= 11 is 0. The van der Waals surface area contributed by atoms with Gasteiger partial charge in [-0.2, -0.15) is 0 Å². The second-order valence-corrected chi connectivity index (χ2v) is 4.09. The van der Waals surface area contributed by atoms with Crippen molar-refractivity contribution in [3.63, 3.8) is 0 Å². The predicted octanol–water partition coefficient (Wildman–Crippen LogP) is 0.620. The lowest BCUT2D eigenvalue weighted by molar-refractivity contribution is -0.110. The van der Waals surface area contributed by atoms with Gasteiger partial charge in [0, 0.05) is 0 Å². The first kappa shape index (κ1) is 10.4. The molecule has 0 aliphatic heterocycles. The van der Waals surface area contributed by atoms with Gasteiger partial charge in [0.2, 0.25) is 5.39 Å². The number of carbonyl (C=O) groups excluding carboxylic acids is 2. The molecule has 4 nitrogen and oxygen atoms in total. The minimum Gasteiger partial charge on any atom is -0.290 e. The van der Waals surface area contributed by atoms with Crippen molar-refractivity contribution in [3.8, 4) is 0 Å². The highest BCUT2D eigenvalue weighted by molar-refractivity contribution is 6.25. The fourth-order valence-electron chi connectivity index (χ4n) is 2.12. The minimum atomic E-state index is -0.329. The Morgan fingerprint density at radius 2 is 1.72 bits per heavy atom. The molecular weight excluding hydrogens is 228 g/mol. The van der Waals surface area contributed by atoms with E-state index in [1.807, 2.05) is 0 Å². The number of rotatable bonds is 0. The Labute approximate surface area is 102 Å². The Balaban J connectivity index is 2.45. The van der Waals surface area contributed by atoms with Crippen LogP contribution in [0.1, 0.15) is 11.1 Å². The average Bonchev–Trinajstić information content (AvgIpc) is 2.36. The summed E-state index contributed by atoms with van der Waals surface area (Å²) in [6.45, 7) is 0. The third-order valence-electron chi connectivity index (χ3n) is 2.98. The number of diazo groups is 1. The number of hydrogen-bond donors (Lipinski definition) is 0. The molecule has 1 aromatic carbocycles. The summed E-state index contributed by atoms with van der Waals surface area (Å²) in [6.07, 6.45) is 7.70. The molecule has 0 bridgehead atoms. The van der Waals surface area contributed by atoms with Gasteiger partial charge in [-0.1, -0.05) is 6.08 Å². The van der Waals surface area contributed by atoms with Crippen LogP contribution in [-0.2, 0) is 9.59 Å². The van der Waals surface area contributed by atoms with Crippen LogP contribution in [0.3, 0.4) is 0 Å². The second kappa shape index (κ2) is 3.60. The smallest absolute Gasteiger partial charge is 0.290 e. The molecule has 0 saturated carbocycles. The topological polar surface area (TPSA) is 62.3 Å². The van der Waals surface area contributed by atoms with E-state index >= 15 is 0 Å². The third-order valence-corrected chi connectivity index (χ3v) is 2.98. The monoisotopic (exact) mass is 235 g/mol. The van der Waals surface area contributed by atoms with Gasteiger partial charge in [0.1, 0.15) is 0 Å². The normalized spacial score (nSPS) is 15.8. The third kappa shape index (κ3) is 1.42. The van der Waals surface area contributed by atoms with Gasteiger partial charge in [-0.05, 0) is 52.8 Å². The van der Waals surface area contributed by atoms with Gasteiger partial charge in [0.05, 0.1) is 5.22 Å². The van der Waals surface area contributed by atoms with Crippen molar-refractivity contribution >= 4 is 35.5 Å². The van der Waals surface area contributed by atoms with Crippen LogP contribution < -0.4 is 10.4 Å². The molecule has 0 saturated heterocycles. The molecular formula is C14H7N2O2+. The molecule has 1 aromatic rings. The molecule has 0 atom stereocenters. The lowest BCUT2D eigenvalue weighted by Gasteiger charge is -2.05. The lowest BCUT2D eigenvalue weighted by Crippen LogP contribution is -2.24. The molecule has 3 rings (SSSR count). The fraction of sp³-hybridized carbons (Fsp3) is 0. The number of nitrogens with zero attached hydrogens (tertiary/aromatic N) is 2. The van der Waals surface area contributed by atoms with Crippen molar-refractivity contribution in [1.29, 1.82) is 5.39 Å². The Morgan fingerprint density at radius 1 is 0.944 bits per heavy atom. The summed E-state index contributed by atoms with van der Waals surface area (Å²) in [6, 6.07) is 3.56. The number of fused-ring (bicyclic) bond motifs is 2. The van der Waals surface area contributed by atoms with Gasteiger partial charge >= 0.3 is 5.70 Å². The first-order valence-corrected chi connectivity index (χ1v) is 5.39. The van der Waals surface area contributed by atoms with Crippen LogP contribution in [0, 0.1) is 5.39 Å². The molecule has 0 fully saturated rings. The fourth-order valence-corrected chi connectivity index (χ4v) is 2.12. The second-order valence-electron chi connectivity index (χ2n) is 4.09. The lowest BCUT2D eigenvalue weighted by atomic mass is 9.96. The molecule has 0 heterocycles. The van der Waals surface area contributed by atoms with Crippen LogP contribution >= 0.6 is 0 Å². The summed E-state index contributed by atoms with van der Waals surface area (Å²) in [5.74, 6) is -0.390. The summed E-state index contributed by atoms with van der Waals surface area (Å²) < 4.78 is 0. The van der Waals surface area contributed by atoms with E-state index in [4.69, 9.17) is 5.39 Å². The highest BCUT2D eigenvalue weighted by Gasteiger charge is 2.25. The largest absolute Gasteiger partial charge is 0.439 e. The van der Waals surface area contributed by atoms with Crippen molar-refractivity contribution in [1.82, 2.24) is 0 Å². The van der Waals surface area contributed by atoms with E-state index in [1.165, 1.54) is 18.2 Å². The quantitative estimate of drug-likeness (QED) is 0.619. The molecule has 0 unspecified atom stereocenters. The number of allylic oxidation sites excluding steroid dienone is 1. The van der Waals surface area contributed by atoms with E-state index in [2.05, 4.69) is 4.98 Å². The van der Waals surface area contributed by atoms with Gasteiger partial charge in [0.15, 0.2) is 10.8 Å². The van der Waals surface area contributed by atoms with Crippen LogP contribution in [0.4, 0.5) is 0 Å². The van der Waals surface area contributed by atoms with Gasteiger partial charge in [-0.3, -0.25) is 9.59 Å². The summed E-state index contributed by atoms with van der Waals surface area (Å²) in [7, 11) is 0. The van der Waals surface area contributed by atoms with Crippen molar-refractivity contribution in [2.24, 2.45) is 0 Å². The number of ketones is 2. The highest BCUT2D eigenvalue weighted by Crippen LogP contribution is 2.11. The van der Waals surface area contributed by atoms with Crippen LogP contribution in [0.2, 0.25) is 0 Å². The Morgan fingerprint density at radius 3 is 2.50 bits per heavy atom. The highest BCUT2D eigenvalue weighted by atomic mass is 16.1. The van der Waals surface area contributed by atoms with Crippen molar-refractivity contribution in [2.45, 2.75) is 0 Å². The molecule has 84 valence electrons. The average molecular weight is 235 g/mol.